The first-order valence-corrected chi connectivity index (χ1v) is 11.3. The number of nitrogens with one attached hydrogen (secondary N) is 3. The molecule has 0 fully saturated rings. The third kappa shape index (κ3) is 9.07. The van der Waals surface area contributed by atoms with E-state index < -0.39 is 17.7 Å². The molecule has 0 saturated carbocycles. The van der Waals surface area contributed by atoms with Crippen molar-refractivity contribution in [3.63, 3.8) is 0 Å². The zero-order valence-corrected chi connectivity index (χ0v) is 20.0. The summed E-state index contributed by atoms with van der Waals surface area (Å²) in [6, 6.07) is 9.78. The molecule has 0 saturated heterocycles. The molecule has 0 aliphatic carbocycles. The number of amides is 3. The summed E-state index contributed by atoms with van der Waals surface area (Å²) in [5, 5.41) is 10.3. The lowest BCUT2D eigenvalue weighted by molar-refractivity contribution is -0.118. The van der Waals surface area contributed by atoms with Gasteiger partial charge in [-0.25, -0.2) is 4.79 Å². The van der Waals surface area contributed by atoms with Gasteiger partial charge >= 0.3 is 6.09 Å². The van der Waals surface area contributed by atoms with Gasteiger partial charge in [-0.05, 0) is 77.5 Å². The Hall–Kier alpha value is -2.91. The Morgan fingerprint density at radius 1 is 1.12 bits per heavy atom. The highest BCUT2D eigenvalue weighted by atomic mass is 32.1. The van der Waals surface area contributed by atoms with Crippen LogP contribution in [0.15, 0.2) is 41.8 Å². The second-order valence-corrected chi connectivity index (χ2v) is 9.66. The lowest BCUT2D eigenvalue weighted by atomic mass is 10.1. The molecule has 1 atom stereocenters. The highest BCUT2D eigenvalue weighted by molar-refractivity contribution is 7.09. The fourth-order valence-corrected chi connectivity index (χ4v) is 3.40. The summed E-state index contributed by atoms with van der Waals surface area (Å²) in [5.41, 5.74) is 0.237. The molecule has 2 aromatic rings. The zero-order valence-electron chi connectivity index (χ0n) is 19.2. The first kappa shape index (κ1) is 25.4. The Labute approximate surface area is 193 Å². The standard InChI is InChI=1S/C23H32N4O4S/c1-23(2,3)31-22(30)26-19(11-12-27(4)5)21(29)25-17-9-6-8-16(14-17)20(28)24-15-18-10-7-13-32-18/h6-10,13-14,19H,11-12,15H2,1-5H3,(H,24,28)(H,25,29)(H,26,30). The summed E-state index contributed by atoms with van der Waals surface area (Å²) in [6.07, 6.45) is -0.253. The number of carbonyl (C=O) groups is 3. The van der Waals surface area contributed by atoms with Gasteiger partial charge in [0.15, 0.2) is 0 Å². The number of nitrogens with zero attached hydrogens (tertiary/aromatic N) is 1. The Balaban J connectivity index is 2.03. The average Bonchev–Trinajstić information content (AvgIpc) is 3.21. The fraction of sp³-hybridized carbons (Fsp3) is 0.435. The molecule has 32 heavy (non-hydrogen) atoms. The van der Waals surface area contributed by atoms with Gasteiger partial charge in [0.25, 0.3) is 5.91 Å². The van der Waals surface area contributed by atoms with Crippen LogP contribution in [0.25, 0.3) is 0 Å². The molecular weight excluding hydrogens is 428 g/mol. The van der Waals surface area contributed by atoms with Crippen LogP contribution in [0.3, 0.4) is 0 Å². The van der Waals surface area contributed by atoms with Crippen LogP contribution in [-0.2, 0) is 16.1 Å². The lowest BCUT2D eigenvalue weighted by Gasteiger charge is -2.24. The van der Waals surface area contributed by atoms with Crippen molar-refractivity contribution >= 4 is 34.9 Å². The number of alkyl carbamates (subject to hydrolysis) is 1. The van der Waals surface area contributed by atoms with E-state index in [2.05, 4.69) is 16.0 Å². The molecule has 0 radical (unpaired) electrons. The van der Waals surface area contributed by atoms with Gasteiger partial charge < -0.3 is 25.6 Å². The van der Waals surface area contributed by atoms with Crippen LogP contribution in [0.5, 0.6) is 0 Å². The summed E-state index contributed by atoms with van der Waals surface area (Å²) in [7, 11) is 3.78. The third-order valence-corrected chi connectivity index (χ3v) is 5.14. The number of anilines is 1. The second kappa shape index (κ2) is 11.6. The Bertz CT molecular complexity index is 907. The molecule has 8 nitrogen and oxygen atoms in total. The van der Waals surface area contributed by atoms with Crippen molar-refractivity contribution in [1.29, 1.82) is 0 Å². The van der Waals surface area contributed by atoms with Crippen molar-refractivity contribution in [3.05, 3.63) is 52.2 Å². The Kier molecular flexibility index (Phi) is 9.22. The maximum atomic E-state index is 12.9. The number of benzene rings is 1. The number of thiophene rings is 1. The Morgan fingerprint density at radius 2 is 1.88 bits per heavy atom. The highest BCUT2D eigenvalue weighted by Gasteiger charge is 2.24. The third-order valence-electron chi connectivity index (χ3n) is 4.27. The molecule has 1 unspecified atom stereocenters. The summed E-state index contributed by atoms with van der Waals surface area (Å²) >= 11 is 1.57. The molecule has 9 heteroatoms. The number of hydrogen-bond acceptors (Lipinski definition) is 6. The van der Waals surface area contributed by atoms with Crippen LogP contribution in [0.1, 0.15) is 42.4 Å². The van der Waals surface area contributed by atoms with Crippen molar-refractivity contribution in [2.75, 3.05) is 26.0 Å². The lowest BCUT2D eigenvalue weighted by Crippen LogP contribution is -2.47. The van der Waals surface area contributed by atoms with Gasteiger partial charge in [-0.3, -0.25) is 9.59 Å². The first-order chi connectivity index (χ1) is 15.0. The highest BCUT2D eigenvalue weighted by Crippen LogP contribution is 2.14. The van der Waals surface area contributed by atoms with Crippen LogP contribution >= 0.6 is 11.3 Å². The predicted molar refractivity (Wildman–Crippen MR) is 127 cm³/mol. The van der Waals surface area contributed by atoms with E-state index in [1.807, 2.05) is 36.5 Å². The number of ether oxygens (including phenoxy) is 1. The molecule has 3 N–H and O–H groups in total. The average molecular weight is 461 g/mol. The van der Waals surface area contributed by atoms with E-state index in [0.717, 1.165) is 4.88 Å². The van der Waals surface area contributed by atoms with Crippen molar-refractivity contribution in [2.24, 2.45) is 0 Å². The van der Waals surface area contributed by atoms with E-state index >= 15 is 0 Å². The summed E-state index contributed by atoms with van der Waals surface area (Å²) < 4.78 is 5.29. The SMILES string of the molecule is CN(C)CCC(NC(=O)OC(C)(C)C)C(=O)Nc1cccc(C(=O)NCc2cccs2)c1. The maximum Gasteiger partial charge on any atom is 0.408 e. The number of carbonyl (C=O) groups excluding carboxylic acids is 3. The van der Waals surface area contributed by atoms with E-state index in [0.29, 0.717) is 30.8 Å². The van der Waals surface area contributed by atoms with E-state index in [4.69, 9.17) is 4.74 Å². The largest absolute Gasteiger partial charge is 0.444 e. The molecule has 2 rings (SSSR count). The fourth-order valence-electron chi connectivity index (χ4n) is 2.76. The molecule has 3 amide bonds. The van der Waals surface area contributed by atoms with Crippen molar-refractivity contribution in [2.45, 2.75) is 45.4 Å². The van der Waals surface area contributed by atoms with E-state index in [-0.39, 0.29) is 11.8 Å². The normalized spacial score (nSPS) is 12.2. The molecular formula is C23H32N4O4S. The quantitative estimate of drug-likeness (QED) is 0.532. The van der Waals surface area contributed by atoms with Crippen LogP contribution in [0.2, 0.25) is 0 Å². The van der Waals surface area contributed by atoms with Crippen LogP contribution in [-0.4, -0.2) is 55.1 Å². The van der Waals surface area contributed by atoms with Gasteiger partial charge in [-0.1, -0.05) is 12.1 Å². The first-order valence-electron chi connectivity index (χ1n) is 10.4. The molecule has 0 aliphatic heterocycles. The minimum absolute atomic E-state index is 0.231. The second-order valence-electron chi connectivity index (χ2n) is 8.62. The van der Waals surface area contributed by atoms with Crippen LogP contribution < -0.4 is 16.0 Å². The zero-order chi connectivity index (χ0) is 23.7. The minimum Gasteiger partial charge on any atom is -0.444 e. The van der Waals surface area contributed by atoms with Gasteiger partial charge in [-0.15, -0.1) is 11.3 Å². The van der Waals surface area contributed by atoms with Crippen LogP contribution in [0, 0.1) is 0 Å². The summed E-state index contributed by atoms with van der Waals surface area (Å²) in [4.78, 5) is 40.5. The topological polar surface area (TPSA) is 99.8 Å². The summed E-state index contributed by atoms with van der Waals surface area (Å²) in [5.74, 6) is -0.612. The van der Waals surface area contributed by atoms with Crippen LogP contribution in [0.4, 0.5) is 10.5 Å². The summed E-state index contributed by atoms with van der Waals surface area (Å²) in [6.45, 7) is 6.32. The van der Waals surface area contributed by atoms with Crippen molar-refractivity contribution in [3.8, 4) is 0 Å². The maximum absolute atomic E-state index is 12.9. The minimum atomic E-state index is -0.788. The molecule has 1 heterocycles. The smallest absolute Gasteiger partial charge is 0.408 e. The number of hydrogen-bond donors (Lipinski definition) is 3. The van der Waals surface area contributed by atoms with Gasteiger partial charge in [-0.2, -0.15) is 0 Å². The molecule has 1 aromatic heterocycles. The van der Waals surface area contributed by atoms with Gasteiger partial charge in [0.1, 0.15) is 11.6 Å². The molecule has 0 aliphatic rings. The molecule has 0 spiro atoms. The molecule has 1 aromatic carbocycles. The number of rotatable bonds is 9. The van der Waals surface area contributed by atoms with E-state index in [1.165, 1.54) is 0 Å². The van der Waals surface area contributed by atoms with E-state index in [1.54, 1.807) is 56.4 Å². The van der Waals surface area contributed by atoms with Gasteiger partial charge in [0, 0.05) is 16.1 Å². The predicted octanol–water partition coefficient (Wildman–Crippen LogP) is 3.46. The van der Waals surface area contributed by atoms with Crippen molar-refractivity contribution < 1.29 is 19.1 Å². The van der Waals surface area contributed by atoms with E-state index in [9.17, 15) is 14.4 Å². The van der Waals surface area contributed by atoms with Gasteiger partial charge in [0.2, 0.25) is 5.91 Å². The monoisotopic (exact) mass is 460 g/mol. The molecule has 0 bridgehead atoms. The van der Waals surface area contributed by atoms with Crippen molar-refractivity contribution in [1.82, 2.24) is 15.5 Å². The Morgan fingerprint density at radius 3 is 2.50 bits per heavy atom. The molecule has 174 valence electrons. The van der Waals surface area contributed by atoms with Gasteiger partial charge in [0.05, 0.1) is 6.54 Å².